The normalized spacial score (nSPS) is 16.6. The molecule has 2 heterocycles. The molecule has 1 N–H and O–H groups in total. The maximum atomic E-state index is 13.6. The van der Waals surface area contributed by atoms with Crippen LogP contribution in [0.2, 0.25) is 0 Å². The van der Waals surface area contributed by atoms with Crippen LogP contribution in [0.4, 0.5) is 4.39 Å². The van der Waals surface area contributed by atoms with Crippen molar-refractivity contribution in [2.24, 2.45) is 5.41 Å². The summed E-state index contributed by atoms with van der Waals surface area (Å²) in [5.74, 6) is -0.475. The molecule has 7 nitrogen and oxygen atoms in total. The van der Waals surface area contributed by atoms with Crippen molar-refractivity contribution >= 4 is 21.4 Å². The maximum absolute atomic E-state index is 13.6. The lowest BCUT2D eigenvalue weighted by Crippen LogP contribution is -2.62. The van der Waals surface area contributed by atoms with Crippen LogP contribution in [0.5, 0.6) is 5.75 Å². The lowest BCUT2D eigenvalue weighted by molar-refractivity contribution is -0.0272. The van der Waals surface area contributed by atoms with E-state index < -0.39 is 21.3 Å². The van der Waals surface area contributed by atoms with E-state index in [9.17, 15) is 17.9 Å². The number of halogens is 1. The zero-order chi connectivity index (χ0) is 19.8. The first-order valence-corrected chi connectivity index (χ1v) is 10.3. The van der Waals surface area contributed by atoms with Crippen LogP contribution in [0, 0.1) is 36.4 Å². The van der Waals surface area contributed by atoms with E-state index in [1.807, 2.05) is 0 Å². The number of aromatic nitrogens is 1. The van der Waals surface area contributed by atoms with Crippen LogP contribution in [0.25, 0.3) is 0 Å². The molecular formula is C17H18FN3O4S2. The second-order valence-corrected chi connectivity index (χ2v) is 9.92. The van der Waals surface area contributed by atoms with E-state index in [0.29, 0.717) is 10.7 Å². The molecule has 27 heavy (non-hydrogen) atoms. The minimum Gasteiger partial charge on any atom is -0.493 e. The molecule has 144 valence electrons. The second kappa shape index (κ2) is 7.16. The molecule has 1 aliphatic rings. The van der Waals surface area contributed by atoms with Gasteiger partial charge in [-0.2, -0.15) is 9.57 Å². The number of nitriles is 1. The predicted molar refractivity (Wildman–Crippen MR) is 96.5 cm³/mol. The Hall–Kier alpha value is -2.06. The quantitative estimate of drug-likeness (QED) is 0.778. The molecule has 0 saturated carbocycles. The van der Waals surface area contributed by atoms with Gasteiger partial charge in [-0.1, -0.05) is 0 Å². The molecule has 1 fully saturated rings. The van der Waals surface area contributed by atoms with Crippen LogP contribution in [0.1, 0.15) is 16.3 Å². The molecule has 1 aromatic heterocycles. The van der Waals surface area contributed by atoms with E-state index >= 15 is 0 Å². The third kappa shape index (κ3) is 3.68. The molecule has 0 spiro atoms. The molecule has 1 aliphatic heterocycles. The Morgan fingerprint density at radius 1 is 1.44 bits per heavy atom. The molecule has 10 heteroatoms. The minimum atomic E-state index is -3.67. The van der Waals surface area contributed by atoms with Gasteiger partial charge in [-0.15, -0.1) is 11.3 Å². The number of thiazole rings is 1. The number of ether oxygens (including phenoxy) is 1. The number of benzene rings is 1. The maximum Gasteiger partial charge on any atom is 0.254 e. The Labute approximate surface area is 160 Å². The smallest absolute Gasteiger partial charge is 0.254 e. The molecule has 0 amide bonds. The Balaban J connectivity index is 1.68. The average molecular weight is 411 g/mol. The summed E-state index contributed by atoms with van der Waals surface area (Å²) >= 11 is 1.12. The summed E-state index contributed by atoms with van der Waals surface area (Å²) in [6.45, 7) is 3.36. The van der Waals surface area contributed by atoms with Gasteiger partial charge in [0.25, 0.3) is 10.0 Å². The number of aliphatic hydroxyl groups excluding tert-OH is 1. The lowest BCUT2D eigenvalue weighted by Gasteiger charge is -2.47. The van der Waals surface area contributed by atoms with Crippen LogP contribution in [0.3, 0.4) is 0 Å². The fourth-order valence-electron chi connectivity index (χ4n) is 2.89. The topological polar surface area (TPSA) is 104 Å². The fourth-order valence-corrected chi connectivity index (χ4v) is 6.18. The number of nitrogens with zero attached hydrogens (tertiary/aromatic N) is 3. The van der Waals surface area contributed by atoms with Crippen LogP contribution >= 0.6 is 11.3 Å². The van der Waals surface area contributed by atoms with Gasteiger partial charge >= 0.3 is 0 Å². The van der Waals surface area contributed by atoms with E-state index in [2.05, 4.69) is 4.98 Å². The second-order valence-electron chi connectivity index (χ2n) is 6.58. The zero-order valence-electron chi connectivity index (χ0n) is 14.8. The molecule has 0 radical (unpaired) electrons. The Morgan fingerprint density at radius 2 is 2.15 bits per heavy atom. The van der Waals surface area contributed by atoms with E-state index in [-0.39, 0.29) is 41.8 Å². The molecule has 1 aromatic carbocycles. The largest absolute Gasteiger partial charge is 0.493 e. The molecular weight excluding hydrogens is 393 g/mol. The van der Waals surface area contributed by atoms with Gasteiger partial charge in [0, 0.05) is 19.2 Å². The highest BCUT2D eigenvalue weighted by atomic mass is 32.2. The van der Waals surface area contributed by atoms with Gasteiger partial charge in [0.05, 0.1) is 34.9 Å². The molecule has 0 aliphatic carbocycles. The molecule has 0 atom stereocenters. The van der Waals surface area contributed by atoms with Crippen molar-refractivity contribution in [2.75, 3.05) is 26.3 Å². The number of sulfonamides is 1. The highest BCUT2D eigenvalue weighted by Gasteiger charge is 2.49. The highest BCUT2D eigenvalue weighted by Crippen LogP contribution is 2.37. The van der Waals surface area contributed by atoms with Crippen molar-refractivity contribution in [3.05, 3.63) is 40.3 Å². The Bertz CT molecular complexity index is 1010. The van der Waals surface area contributed by atoms with Gasteiger partial charge < -0.3 is 9.84 Å². The van der Waals surface area contributed by atoms with Crippen molar-refractivity contribution in [2.45, 2.75) is 18.1 Å². The monoisotopic (exact) mass is 411 g/mol. The van der Waals surface area contributed by atoms with Crippen molar-refractivity contribution in [3.63, 3.8) is 0 Å². The first-order valence-electron chi connectivity index (χ1n) is 8.08. The van der Waals surface area contributed by atoms with Crippen LogP contribution < -0.4 is 4.74 Å². The third-order valence-electron chi connectivity index (χ3n) is 4.40. The number of aliphatic hydroxyl groups is 1. The first-order chi connectivity index (χ1) is 12.7. The van der Waals surface area contributed by atoms with Crippen molar-refractivity contribution in [3.8, 4) is 11.8 Å². The molecule has 3 rings (SSSR count). The van der Waals surface area contributed by atoms with Gasteiger partial charge in [-0.3, -0.25) is 0 Å². The van der Waals surface area contributed by atoms with Crippen LogP contribution in [0.15, 0.2) is 22.4 Å². The number of hydrogen-bond donors (Lipinski definition) is 1. The summed E-state index contributed by atoms with van der Waals surface area (Å²) in [5.41, 5.74) is -0.385. The summed E-state index contributed by atoms with van der Waals surface area (Å²) in [6, 6.07) is 5.59. The number of hydrogen-bond acceptors (Lipinski definition) is 7. The van der Waals surface area contributed by atoms with Crippen molar-refractivity contribution in [1.82, 2.24) is 9.29 Å². The van der Waals surface area contributed by atoms with Crippen molar-refractivity contribution < 1.29 is 22.7 Å². The average Bonchev–Trinajstić information content (AvgIpc) is 2.93. The van der Waals surface area contributed by atoms with E-state index in [1.165, 1.54) is 16.4 Å². The summed E-state index contributed by atoms with van der Waals surface area (Å²) in [6.07, 6.45) is 0. The van der Waals surface area contributed by atoms with E-state index in [1.54, 1.807) is 19.9 Å². The zero-order valence-corrected chi connectivity index (χ0v) is 16.4. The Kier molecular flexibility index (Phi) is 5.22. The minimum absolute atomic E-state index is 0.0293. The molecule has 2 aromatic rings. The van der Waals surface area contributed by atoms with Gasteiger partial charge in [0.1, 0.15) is 17.6 Å². The molecule has 1 saturated heterocycles. The third-order valence-corrected chi connectivity index (χ3v) is 7.85. The van der Waals surface area contributed by atoms with Crippen LogP contribution in [-0.2, 0) is 10.0 Å². The van der Waals surface area contributed by atoms with Gasteiger partial charge in [-0.25, -0.2) is 17.8 Å². The van der Waals surface area contributed by atoms with E-state index in [0.717, 1.165) is 17.4 Å². The highest BCUT2D eigenvalue weighted by molar-refractivity contribution is 7.91. The summed E-state index contributed by atoms with van der Waals surface area (Å²) in [7, 11) is -3.67. The molecule has 0 bridgehead atoms. The van der Waals surface area contributed by atoms with Gasteiger partial charge in [0.2, 0.25) is 0 Å². The predicted octanol–water partition coefficient (Wildman–Crippen LogP) is 1.83. The number of rotatable bonds is 6. The SMILES string of the molecule is Cc1nc(C)c(S(=O)(=O)N2CC(CO)(COc3ccc(C#N)c(F)c3)C2)s1. The first kappa shape index (κ1) is 19.7. The summed E-state index contributed by atoms with van der Waals surface area (Å²) < 4.78 is 46.2. The Morgan fingerprint density at radius 3 is 2.67 bits per heavy atom. The fraction of sp³-hybridized carbons (Fsp3) is 0.412. The lowest BCUT2D eigenvalue weighted by atomic mass is 9.83. The van der Waals surface area contributed by atoms with Gasteiger partial charge in [-0.05, 0) is 26.0 Å². The van der Waals surface area contributed by atoms with Crippen LogP contribution in [-0.4, -0.2) is 49.1 Å². The summed E-state index contributed by atoms with van der Waals surface area (Å²) in [4.78, 5) is 4.15. The van der Waals surface area contributed by atoms with E-state index in [4.69, 9.17) is 10.00 Å². The molecule has 0 unspecified atom stereocenters. The standard InChI is InChI=1S/C17H18FN3O4S2/c1-11-16(26-12(2)20-11)27(23,24)21-7-17(8-21,9-22)10-25-14-4-3-13(6-19)15(18)5-14/h3-5,22H,7-10H2,1-2H3. The van der Waals surface area contributed by atoms with Crippen molar-refractivity contribution in [1.29, 1.82) is 5.26 Å². The van der Waals surface area contributed by atoms with Gasteiger partial charge in [0.15, 0.2) is 4.21 Å². The summed E-state index contributed by atoms with van der Waals surface area (Å²) in [5, 5.41) is 19.2. The number of aryl methyl sites for hydroxylation is 2.